The number of fused-ring (bicyclic) bond motifs is 1. The Bertz CT molecular complexity index is 682. The summed E-state index contributed by atoms with van der Waals surface area (Å²) in [7, 11) is 0. The maximum absolute atomic E-state index is 12.1. The number of aryl methyl sites for hydroxylation is 1. The van der Waals surface area contributed by atoms with Crippen LogP contribution in [0.1, 0.15) is 17.5 Å². The van der Waals surface area contributed by atoms with E-state index in [1.54, 1.807) is 0 Å². The van der Waals surface area contributed by atoms with Gasteiger partial charge in [0.1, 0.15) is 0 Å². The highest BCUT2D eigenvalue weighted by atomic mass is 16.5. The quantitative estimate of drug-likeness (QED) is 0.945. The zero-order valence-corrected chi connectivity index (χ0v) is 12.6. The number of rotatable bonds is 3. The molecule has 0 radical (unpaired) electrons. The summed E-state index contributed by atoms with van der Waals surface area (Å²) in [5, 5.41) is 2.91. The zero-order valence-electron chi connectivity index (χ0n) is 12.6. The molecule has 4 heteroatoms. The summed E-state index contributed by atoms with van der Waals surface area (Å²) in [4.78, 5) is 12.1. The third kappa shape index (κ3) is 3.58. The second kappa shape index (κ2) is 6.52. The molecule has 1 N–H and O–H groups in total. The number of carbonyl (C=O) groups is 1. The summed E-state index contributed by atoms with van der Waals surface area (Å²) in [5.74, 6) is 1.43. The molecular weight excluding hydrogens is 278 g/mol. The number of hydrogen-bond donors (Lipinski definition) is 1. The first-order valence-electron chi connectivity index (χ1n) is 7.46. The number of amides is 1. The van der Waals surface area contributed by atoms with Gasteiger partial charge >= 0.3 is 0 Å². The molecule has 0 aliphatic carbocycles. The molecule has 0 bridgehead atoms. The topological polar surface area (TPSA) is 47.6 Å². The number of hydrogen-bond acceptors (Lipinski definition) is 3. The predicted molar refractivity (Wildman–Crippen MR) is 85.6 cm³/mol. The molecule has 1 aliphatic rings. The van der Waals surface area contributed by atoms with Gasteiger partial charge in [0, 0.05) is 12.1 Å². The average molecular weight is 297 g/mol. The van der Waals surface area contributed by atoms with E-state index in [4.69, 9.17) is 9.47 Å². The van der Waals surface area contributed by atoms with Gasteiger partial charge in [0.05, 0.1) is 19.6 Å². The molecule has 0 spiro atoms. The third-order valence-electron chi connectivity index (χ3n) is 3.48. The molecule has 3 rings (SSSR count). The lowest BCUT2D eigenvalue weighted by Crippen LogP contribution is -2.14. The van der Waals surface area contributed by atoms with Crippen LogP contribution in [0.5, 0.6) is 11.5 Å². The molecule has 1 aliphatic heterocycles. The third-order valence-corrected chi connectivity index (χ3v) is 3.48. The Labute approximate surface area is 130 Å². The van der Waals surface area contributed by atoms with E-state index in [1.165, 1.54) is 0 Å². The van der Waals surface area contributed by atoms with Gasteiger partial charge in [-0.05, 0) is 42.3 Å². The molecule has 22 heavy (non-hydrogen) atoms. The number of nitrogens with one attached hydrogen (secondary N) is 1. The van der Waals surface area contributed by atoms with Crippen LogP contribution in [0.25, 0.3) is 0 Å². The molecule has 4 nitrogen and oxygen atoms in total. The van der Waals surface area contributed by atoms with Gasteiger partial charge in [-0.2, -0.15) is 0 Å². The summed E-state index contributed by atoms with van der Waals surface area (Å²) in [5.41, 5.74) is 2.85. The van der Waals surface area contributed by atoms with Crippen LogP contribution in [0.4, 0.5) is 5.69 Å². The van der Waals surface area contributed by atoms with Gasteiger partial charge in [0.2, 0.25) is 5.91 Å². The van der Waals surface area contributed by atoms with E-state index in [9.17, 15) is 4.79 Å². The van der Waals surface area contributed by atoms with E-state index < -0.39 is 0 Å². The van der Waals surface area contributed by atoms with Gasteiger partial charge in [-0.1, -0.05) is 18.2 Å². The molecular formula is C18H19NO3. The molecule has 0 unspecified atom stereocenters. The first-order chi connectivity index (χ1) is 10.7. The number of anilines is 1. The highest BCUT2D eigenvalue weighted by Crippen LogP contribution is 2.30. The molecule has 114 valence electrons. The van der Waals surface area contributed by atoms with Crippen molar-refractivity contribution in [1.82, 2.24) is 0 Å². The lowest BCUT2D eigenvalue weighted by molar-refractivity contribution is -0.115. The van der Waals surface area contributed by atoms with Gasteiger partial charge in [0.15, 0.2) is 11.5 Å². The molecule has 2 aromatic carbocycles. The maximum atomic E-state index is 12.1. The van der Waals surface area contributed by atoms with E-state index in [1.807, 2.05) is 49.4 Å². The minimum absolute atomic E-state index is 0.0416. The van der Waals surface area contributed by atoms with Crippen LogP contribution in [0, 0.1) is 6.92 Å². The van der Waals surface area contributed by atoms with Crippen LogP contribution in [0.3, 0.4) is 0 Å². The van der Waals surface area contributed by atoms with E-state index in [0.717, 1.165) is 34.7 Å². The van der Waals surface area contributed by atoms with Crippen LogP contribution in [0.15, 0.2) is 42.5 Å². The smallest absolute Gasteiger partial charge is 0.228 e. The van der Waals surface area contributed by atoms with Crippen molar-refractivity contribution < 1.29 is 14.3 Å². The molecule has 2 aromatic rings. The first kappa shape index (κ1) is 14.4. The standard InChI is InChI=1S/C18H19NO3/c1-13-4-2-5-15(10-13)19-18(20)12-14-6-7-16-17(11-14)22-9-3-8-21-16/h2,4-7,10-11H,3,8-9,12H2,1H3,(H,19,20). The van der Waals surface area contributed by atoms with E-state index in [2.05, 4.69) is 5.32 Å². The first-order valence-corrected chi connectivity index (χ1v) is 7.46. The lowest BCUT2D eigenvalue weighted by Gasteiger charge is -2.10. The molecule has 0 saturated carbocycles. The second-order valence-electron chi connectivity index (χ2n) is 5.43. The van der Waals surface area contributed by atoms with Crippen molar-refractivity contribution in [2.75, 3.05) is 18.5 Å². The number of ether oxygens (including phenoxy) is 2. The minimum Gasteiger partial charge on any atom is -0.490 e. The van der Waals surface area contributed by atoms with Crippen molar-refractivity contribution in [2.24, 2.45) is 0 Å². The highest BCUT2D eigenvalue weighted by Gasteiger charge is 2.12. The van der Waals surface area contributed by atoms with Gasteiger partial charge in [-0.25, -0.2) is 0 Å². The van der Waals surface area contributed by atoms with E-state index in [-0.39, 0.29) is 5.91 Å². The Kier molecular flexibility index (Phi) is 4.28. The number of benzene rings is 2. The summed E-state index contributed by atoms with van der Waals surface area (Å²) in [6.45, 7) is 3.31. The van der Waals surface area contributed by atoms with Crippen LogP contribution in [-0.4, -0.2) is 19.1 Å². The normalized spacial score (nSPS) is 13.3. The molecule has 1 heterocycles. The van der Waals surface area contributed by atoms with Crippen LogP contribution in [0.2, 0.25) is 0 Å². The Balaban J connectivity index is 1.67. The van der Waals surface area contributed by atoms with Crippen LogP contribution < -0.4 is 14.8 Å². The van der Waals surface area contributed by atoms with Crippen LogP contribution in [-0.2, 0) is 11.2 Å². The van der Waals surface area contributed by atoms with Crippen molar-refractivity contribution >= 4 is 11.6 Å². The van der Waals surface area contributed by atoms with Gasteiger partial charge in [0.25, 0.3) is 0 Å². The SMILES string of the molecule is Cc1cccc(NC(=O)Cc2ccc3c(c2)OCCCO3)c1. The molecule has 0 fully saturated rings. The largest absolute Gasteiger partial charge is 0.490 e. The fourth-order valence-corrected chi connectivity index (χ4v) is 2.43. The van der Waals surface area contributed by atoms with E-state index >= 15 is 0 Å². The monoisotopic (exact) mass is 297 g/mol. The zero-order chi connectivity index (χ0) is 15.4. The Hall–Kier alpha value is -2.49. The Morgan fingerprint density at radius 3 is 2.73 bits per heavy atom. The average Bonchev–Trinajstić information content (AvgIpc) is 2.72. The van der Waals surface area contributed by atoms with E-state index in [0.29, 0.717) is 19.6 Å². The molecule has 1 amide bonds. The van der Waals surface area contributed by atoms with Gasteiger partial charge in [-0.3, -0.25) is 4.79 Å². The summed E-state index contributed by atoms with van der Waals surface area (Å²) < 4.78 is 11.2. The van der Waals surface area contributed by atoms with Crippen molar-refractivity contribution in [1.29, 1.82) is 0 Å². The fraction of sp³-hybridized carbons (Fsp3) is 0.278. The second-order valence-corrected chi connectivity index (χ2v) is 5.43. The Morgan fingerprint density at radius 2 is 1.91 bits per heavy atom. The maximum Gasteiger partial charge on any atom is 0.228 e. The molecule has 0 atom stereocenters. The number of carbonyl (C=O) groups excluding carboxylic acids is 1. The van der Waals surface area contributed by atoms with Gasteiger partial charge in [-0.15, -0.1) is 0 Å². The van der Waals surface area contributed by atoms with Crippen LogP contribution >= 0.6 is 0 Å². The van der Waals surface area contributed by atoms with Crippen molar-refractivity contribution in [3.63, 3.8) is 0 Å². The van der Waals surface area contributed by atoms with Crippen molar-refractivity contribution in [2.45, 2.75) is 19.8 Å². The fourth-order valence-electron chi connectivity index (χ4n) is 2.43. The minimum atomic E-state index is -0.0416. The Morgan fingerprint density at radius 1 is 1.09 bits per heavy atom. The molecule has 0 aromatic heterocycles. The van der Waals surface area contributed by atoms with Crippen molar-refractivity contribution in [3.8, 4) is 11.5 Å². The molecule has 0 saturated heterocycles. The summed E-state index contributed by atoms with van der Waals surface area (Å²) >= 11 is 0. The summed E-state index contributed by atoms with van der Waals surface area (Å²) in [6, 6.07) is 13.4. The predicted octanol–water partition coefficient (Wildman–Crippen LogP) is 3.34. The van der Waals surface area contributed by atoms with Crippen molar-refractivity contribution in [3.05, 3.63) is 53.6 Å². The highest BCUT2D eigenvalue weighted by molar-refractivity contribution is 5.92. The lowest BCUT2D eigenvalue weighted by atomic mass is 10.1. The summed E-state index contributed by atoms with van der Waals surface area (Å²) in [6.07, 6.45) is 1.18. The van der Waals surface area contributed by atoms with Gasteiger partial charge < -0.3 is 14.8 Å².